The topological polar surface area (TPSA) is 62.8 Å². The second-order valence-corrected chi connectivity index (χ2v) is 8.03. The first-order chi connectivity index (χ1) is 13.7. The van der Waals surface area contributed by atoms with E-state index in [2.05, 4.69) is 27.7 Å². The minimum absolute atomic E-state index is 0.118. The summed E-state index contributed by atoms with van der Waals surface area (Å²) < 4.78 is 11.1. The molecule has 0 bridgehead atoms. The van der Waals surface area contributed by atoms with Gasteiger partial charge in [0.05, 0.1) is 25.2 Å². The predicted molar refractivity (Wildman–Crippen MR) is 111 cm³/mol. The lowest BCUT2D eigenvalue weighted by atomic mass is 9.78. The van der Waals surface area contributed by atoms with Crippen molar-refractivity contribution < 1.29 is 14.3 Å². The zero-order chi connectivity index (χ0) is 19.8. The van der Waals surface area contributed by atoms with Crippen molar-refractivity contribution >= 4 is 5.91 Å². The number of rotatable bonds is 8. The highest BCUT2D eigenvalue weighted by Crippen LogP contribution is 2.33. The number of amides is 1. The third kappa shape index (κ3) is 4.85. The quantitative estimate of drug-likeness (QED) is 0.715. The summed E-state index contributed by atoms with van der Waals surface area (Å²) in [7, 11) is 3.40. The van der Waals surface area contributed by atoms with E-state index in [0.717, 1.165) is 50.3 Å². The van der Waals surface area contributed by atoms with Crippen LogP contribution in [0.25, 0.3) is 0 Å². The molecule has 6 nitrogen and oxygen atoms in total. The predicted octanol–water partition coefficient (Wildman–Crippen LogP) is 2.35. The van der Waals surface area contributed by atoms with Crippen LogP contribution >= 0.6 is 0 Å². The van der Waals surface area contributed by atoms with Crippen LogP contribution in [0.5, 0.6) is 5.75 Å². The van der Waals surface area contributed by atoms with Crippen LogP contribution in [0.1, 0.15) is 43.7 Å². The Kier molecular flexibility index (Phi) is 7.71. The first-order valence-electron chi connectivity index (χ1n) is 10.5. The molecule has 28 heavy (non-hydrogen) atoms. The molecule has 0 saturated carbocycles. The summed E-state index contributed by atoms with van der Waals surface area (Å²) in [5.74, 6) is 1.01. The van der Waals surface area contributed by atoms with Gasteiger partial charge in [-0.25, -0.2) is 0 Å². The molecule has 1 aromatic rings. The molecule has 2 aliphatic rings. The molecule has 3 rings (SSSR count). The molecule has 1 amide bonds. The van der Waals surface area contributed by atoms with Crippen LogP contribution in [0.4, 0.5) is 0 Å². The number of piperidine rings is 2. The third-order valence-corrected chi connectivity index (χ3v) is 6.25. The van der Waals surface area contributed by atoms with E-state index >= 15 is 0 Å². The van der Waals surface area contributed by atoms with Crippen LogP contribution < -0.4 is 15.4 Å². The van der Waals surface area contributed by atoms with E-state index in [4.69, 9.17) is 9.47 Å². The van der Waals surface area contributed by atoms with Crippen molar-refractivity contribution in [2.75, 3.05) is 53.6 Å². The Hall–Kier alpha value is -1.63. The van der Waals surface area contributed by atoms with Gasteiger partial charge in [-0.1, -0.05) is 24.6 Å². The molecule has 0 aromatic heterocycles. The van der Waals surface area contributed by atoms with Crippen LogP contribution in [0.2, 0.25) is 0 Å². The number of hydrogen-bond donors (Lipinski definition) is 2. The summed E-state index contributed by atoms with van der Waals surface area (Å²) in [6.45, 7) is 4.91. The Morgan fingerprint density at radius 1 is 1.18 bits per heavy atom. The van der Waals surface area contributed by atoms with Crippen molar-refractivity contribution in [2.24, 2.45) is 5.41 Å². The molecule has 2 N–H and O–H groups in total. The summed E-state index contributed by atoms with van der Waals surface area (Å²) in [5, 5.41) is 6.63. The Labute approximate surface area is 169 Å². The van der Waals surface area contributed by atoms with Crippen molar-refractivity contribution in [3.63, 3.8) is 0 Å². The van der Waals surface area contributed by atoms with E-state index in [1.54, 1.807) is 14.2 Å². The molecule has 0 spiro atoms. The Morgan fingerprint density at radius 2 is 1.89 bits per heavy atom. The van der Waals surface area contributed by atoms with Gasteiger partial charge in [-0.3, -0.25) is 9.69 Å². The molecular formula is C22H35N3O3. The Bertz CT molecular complexity index is 620. The fraction of sp³-hybridized carbons (Fsp3) is 0.682. The SMILES string of the molecule is COCC1(C(=O)NCC(c2ccccc2OC)N2CCCCC2)CCNCC1. The van der Waals surface area contributed by atoms with Crippen molar-refractivity contribution in [3.8, 4) is 5.75 Å². The lowest BCUT2D eigenvalue weighted by molar-refractivity contribution is -0.136. The number of benzene rings is 1. The normalized spacial score (nSPS) is 21.1. The van der Waals surface area contributed by atoms with Crippen LogP contribution in [0, 0.1) is 5.41 Å². The lowest BCUT2D eigenvalue weighted by Gasteiger charge is -2.38. The number of likely N-dealkylation sites (tertiary alicyclic amines) is 1. The van der Waals surface area contributed by atoms with Gasteiger partial charge in [0.25, 0.3) is 0 Å². The van der Waals surface area contributed by atoms with Crippen LogP contribution in [-0.4, -0.2) is 64.4 Å². The summed E-state index contributed by atoms with van der Waals surface area (Å²) in [6.07, 6.45) is 5.33. The molecule has 2 aliphatic heterocycles. The Morgan fingerprint density at radius 3 is 2.57 bits per heavy atom. The standard InChI is InChI=1S/C22H35N3O3/c1-27-17-22(10-12-23-13-11-22)21(26)24-16-19(25-14-6-3-7-15-25)18-8-4-5-9-20(18)28-2/h4-5,8-9,19,23H,3,6-7,10-17H2,1-2H3,(H,24,26). The molecule has 2 fully saturated rings. The van der Waals surface area contributed by atoms with E-state index in [1.807, 2.05) is 12.1 Å². The first-order valence-corrected chi connectivity index (χ1v) is 10.5. The Balaban J connectivity index is 1.76. The molecule has 2 heterocycles. The van der Waals surface area contributed by atoms with Crippen LogP contribution in [0.15, 0.2) is 24.3 Å². The van der Waals surface area contributed by atoms with E-state index in [1.165, 1.54) is 19.3 Å². The minimum atomic E-state index is -0.423. The highest BCUT2D eigenvalue weighted by Gasteiger charge is 2.40. The molecule has 0 radical (unpaired) electrons. The summed E-state index contributed by atoms with van der Waals surface area (Å²) in [5.41, 5.74) is 0.728. The van der Waals surface area contributed by atoms with E-state index in [0.29, 0.717) is 13.2 Å². The van der Waals surface area contributed by atoms with E-state index < -0.39 is 5.41 Å². The van der Waals surface area contributed by atoms with Crippen molar-refractivity contribution in [1.82, 2.24) is 15.5 Å². The average Bonchev–Trinajstić information content (AvgIpc) is 2.75. The van der Waals surface area contributed by atoms with Crippen molar-refractivity contribution in [3.05, 3.63) is 29.8 Å². The maximum absolute atomic E-state index is 13.2. The molecule has 1 unspecified atom stereocenters. The largest absolute Gasteiger partial charge is 0.496 e. The fourth-order valence-corrected chi connectivity index (χ4v) is 4.60. The number of methoxy groups -OCH3 is 2. The minimum Gasteiger partial charge on any atom is -0.496 e. The van der Waals surface area contributed by atoms with Crippen LogP contribution in [0.3, 0.4) is 0 Å². The highest BCUT2D eigenvalue weighted by atomic mass is 16.5. The van der Waals surface area contributed by atoms with Gasteiger partial charge in [0.2, 0.25) is 5.91 Å². The van der Waals surface area contributed by atoms with Gasteiger partial charge in [-0.2, -0.15) is 0 Å². The lowest BCUT2D eigenvalue weighted by Crippen LogP contribution is -2.51. The van der Waals surface area contributed by atoms with Crippen molar-refractivity contribution in [2.45, 2.75) is 38.1 Å². The maximum Gasteiger partial charge on any atom is 0.228 e. The van der Waals surface area contributed by atoms with Gasteiger partial charge in [0, 0.05) is 19.2 Å². The van der Waals surface area contributed by atoms with Gasteiger partial charge in [0.15, 0.2) is 0 Å². The molecule has 1 aromatic carbocycles. The third-order valence-electron chi connectivity index (χ3n) is 6.25. The van der Waals surface area contributed by atoms with Gasteiger partial charge in [-0.15, -0.1) is 0 Å². The number of hydrogen-bond acceptors (Lipinski definition) is 5. The summed E-state index contributed by atoms with van der Waals surface area (Å²) in [6, 6.07) is 8.31. The number of carbonyl (C=O) groups excluding carboxylic acids is 1. The highest BCUT2D eigenvalue weighted by molar-refractivity contribution is 5.83. The van der Waals surface area contributed by atoms with Gasteiger partial charge < -0.3 is 20.1 Å². The molecule has 1 atom stereocenters. The second kappa shape index (κ2) is 10.2. The number of carbonyl (C=O) groups is 1. The second-order valence-electron chi connectivity index (χ2n) is 8.03. The molecule has 0 aliphatic carbocycles. The molecule has 2 saturated heterocycles. The monoisotopic (exact) mass is 389 g/mol. The molecular weight excluding hydrogens is 354 g/mol. The van der Waals surface area contributed by atoms with E-state index in [9.17, 15) is 4.79 Å². The van der Waals surface area contributed by atoms with Crippen LogP contribution in [-0.2, 0) is 9.53 Å². The smallest absolute Gasteiger partial charge is 0.228 e. The van der Waals surface area contributed by atoms with Gasteiger partial charge in [0.1, 0.15) is 5.75 Å². The summed E-state index contributed by atoms with van der Waals surface area (Å²) in [4.78, 5) is 15.7. The van der Waals surface area contributed by atoms with Crippen molar-refractivity contribution in [1.29, 1.82) is 0 Å². The first kappa shape index (κ1) is 21.1. The van der Waals surface area contributed by atoms with Gasteiger partial charge in [-0.05, 0) is 57.9 Å². The van der Waals surface area contributed by atoms with Gasteiger partial charge >= 0.3 is 0 Å². The fourth-order valence-electron chi connectivity index (χ4n) is 4.60. The number of nitrogens with one attached hydrogen (secondary N) is 2. The zero-order valence-corrected chi connectivity index (χ0v) is 17.3. The summed E-state index contributed by atoms with van der Waals surface area (Å²) >= 11 is 0. The number of para-hydroxylation sites is 1. The van der Waals surface area contributed by atoms with E-state index in [-0.39, 0.29) is 11.9 Å². The zero-order valence-electron chi connectivity index (χ0n) is 17.3. The number of ether oxygens (including phenoxy) is 2. The molecule has 156 valence electrons. The maximum atomic E-state index is 13.2. The average molecular weight is 390 g/mol. The molecule has 6 heteroatoms. The number of nitrogens with zero attached hydrogens (tertiary/aromatic N) is 1.